The molecule has 1 aliphatic rings. The Morgan fingerprint density at radius 3 is 2.39 bits per heavy atom. The third kappa shape index (κ3) is 7.63. The molecule has 3 rings (SSSR count). The summed E-state index contributed by atoms with van der Waals surface area (Å²) >= 11 is 0. The van der Waals surface area contributed by atoms with Gasteiger partial charge in [-0.3, -0.25) is 13.9 Å². The van der Waals surface area contributed by atoms with Gasteiger partial charge in [0.1, 0.15) is 19.3 Å². The number of fused-ring (bicyclic) bond motifs is 1. The fourth-order valence-corrected chi connectivity index (χ4v) is 5.17. The number of hydrogen-bond donors (Lipinski definition) is 1. The average Bonchev–Trinajstić information content (AvgIpc) is 2.89. The first-order chi connectivity index (χ1) is 18.0. The van der Waals surface area contributed by atoms with Gasteiger partial charge in [-0.15, -0.1) is 0 Å². The van der Waals surface area contributed by atoms with Gasteiger partial charge in [-0.1, -0.05) is 31.2 Å². The van der Waals surface area contributed by atoms with Gasteiger partial charge in [0.05, 0.1) is 11.9 Å². The highest BCUT2D eigenvalue weighted by molar-refractivity contribution is 7.92. The van der Waals surface area contributed by atoms with E-state index in [-0.39, 0.29) is 37.2 Å². The van der Waals surface area contributed by atoms with E-state index in [4.69, 9.17) is 9.47 Å². The van der Waals surface area contributed by atoms with E-state index in [0.717, 1.165) is 23.8 Å². The maximum Gasteiger partial charge on any atom is 0.242 e. The topological polar surface area (TPSA) is 105 Å². The molecule has 10 heteroatoms. The lowest BCUT2D eigenvalue weighted by atomic mass is 10.1. The smallest absolute Gasteiger partial charge is 0.242 e. The van der Waals surface area contributed by atoms with Crippen LogP contribution in [-0.4, -0.2) is 63.2 Å². The summed E-state index contributed by atoms with van der Waals surface area (Å²) in [6.07, 6.45) is 2.29. The van der Waals surface area contributed by atoms with E-state index in [0.29, 0.717) is 36.9 Å². The van der Waals surface area contributed by atoms with Crippen LogP contribution >= 0.6 is 0 Å². The van der Waals surface area contributed by atoms with Gasteiger partial charge in [0.25, 0.3) is 0 Å². The first-order valence-electron chi connectivity index (χ1n) is 13.0. The number of anilines is 1. The molecule has 1 N–H and O–H groups in total. The number of aryl methyl sites for hydroxylation is 1. The van der Waals surface area contributed by atoms with Gasteiger partial charge in [0, 0.05) is 31.6 Å². The van der Waals surface area contributed by atoms with Crippen molar-refractivity contribution in [3.63, 3.8) is 0 Å². The molecule has 0 bridgehead atoms. The van der Waals surface area contributed by atoms with E-state index in [2.05, 4.69) is 5.32 Å². The summed E-state index contributed by atoms with van der Waals surface area (Å²) in [5.41, 5.74) is 2.43. The SMILES string of the molecule is CC[C@@H](C)NC(=O)[C@H](C)N(Cc1ccccc1C)C(=O)CCCN(c1ccc2c(c1)OCCO2)S(C)(=O)=O. The Morgan fingerprint density at radius 2 is 1.74 bits per heavy atom. The number of rotatable bonds is 12. The molecule has 1 heterocycles. The Hall–Kier alpha value is -3.27. The zero-order valence-corrected chi connectivity index (χ0v) is 23.7. The van der Waals surface area contributed by atoms with Crippen LogP contribution in [0.2, 0.25) is 0 Å². The van der Waals surface area contributed by atoms with Crippen molar-refractivity contribution in [1.29, 1.82) is 0 Å². The third-order valence-electron chi connectivity index (χ3n) is 6.74. The average molecular weight is 546 g/mol. The Kier molecular flexibility index (Phi) is 10.0. The standard InChI is InChI=1S/C28H39N3O6S/c1-6-21(3)29-28(33)22(4)30(19-23-11-8-7-10-20(23)2)27(32)12-9-15-31(38(5,34)35)24-13-14-25-26(18-24)37-17-16-36-25/h7-8,10-11,13-14,18,21-22H,6,9,12,15-17,19H2,1-5H3,(H,29,33)/t21-,22+/m1/s1. The molecular weight excluding hydrogens is 506 g/mol. The second-order valence-corrected chi connectivity index (χ2v) is 11.6. The normalized spacial score (nSPS) is 14.3. The first kappa shape index (κ1) is 29.3. The molecule has 0 unspecified atom stereocenters. The second-order valence-electron chi connectivity index (χ2n) is 9.71. The number of nitrogens with one attached hydrogen (secondary N) is 1. The minimum atomic E-state index is -3.62. The zero-order valence-electron chi connectivity index (χ0n) is 22.9. The van der Waals surface area contributed by atoms with Gasteiger partial charge in [-0.25, -0.2) is 8.42 Å². The number of ether oxygens (including phenoxy) is 2. The summed E-state index contributed by atoms with van der Waals surface area (Å²) in [4.78, 5) is 28.0. The van der Waals surface area contributed by atoms with Gasteiger partial charge in [-0.05, 0) is 56.9 Å². The van der Waals surface area contributed by atoms with Crippen molar-refractivity contribution in [2.75, 3.05) is 30.3 Å². The Bertz CT molecular complexity index is 1230. The van der Waals surface area contributed by atoms with Gasteiger partial charge in [0.2, 0.25) is 21.8 Å². The van der Waals surface area contributed by atoms with E-state index >= 15 is 0 Å². The van der Waals surface area contributed by atoms with E-state index in [9.17, 15) is 18.0 Å². The summed E-state index contributed by atoms with van der Waals surface area (Å²) in [5.74, 6) is 0.634. The first-order valence-corrected chi connectivity index (χ1v) is 14.9. The fourth-order valence-electron chi connectivity index (χ4n) is 4.21. The second kappa shape index (κ2) is 13.0. The minimum absolute atomic E-state index is 0.00493. The zero-order chi connectivity index (χ0) is 27.9. The lowest BCUT2D eigenvalue weighted by Crippen LogP contribution is -2.49. The quantitative estimate of drug-likeness (QED) is 0.437. The third-order valence-corrected chi connectivity index (χ3v) is 7.93. The van der Waals surface area contributed by atoms with Crippen molar-refractivity contribution >= 4 is 27.5 Å². The molecule has 2 aromatic rings. The summed E-state index contributed by atoms with van der Waals surface area (Å²) in [7, 11) is -3.62. The predicted octanol–water partition coefficient (Wildman–Crippen LogP) is 3.64. The molecule has 2 aromatic carbocycles. The van der Waals surface area contributed by atoms with Crippen LogP contribution in [0.1, 0.15) is 51.2 Å². The van der Waals surface area contributed by atoms with Crippen LogP contribution in [0.4, 0.5) is 5.69 Å². The number of amides is 2. The molecule has 0 fully saturated rings. The van der Waals surface area contributed by atoms with Crippen molar-refractivity contribution in [2.45, 2.75) is 65.6 Å². The maximum absolute atomic E-state index is 13.5. The molecule has 2 atom stereocenters. The van der Waals surface area contributed by atoms with Crippen LogP contribution in [-0.2, 0) is 26.2 Å². The van der Waals surface area contributed by atoms with Gasteiger partial charge < -0.3 is 19.7 Å². The van der Waals surface area contributed by atoms with Crippen molar-refractivity contribution in [1.82, 2.24) is 10.2 Å². The fraction of sp³-hybridized carbons (Fsp3) is 0.500. The summed E-state index contributed by atoms with van der Waals surface area (Å²) in [6, 6.07) is 12.1. The van der Waals surface area contributed by atoms with Crippen molar-refractivity contribution in [3.8, 4) is 11.5 Å². The molecule has 208 valence electrons. The van der Waals surface area contributed by atoms with Gasteiger partial charge in [0.15, 0.2) is 11.5 Å². The number of sulfonamides is 1. The number of hydrogen-bond acceptors (Lipinski definition) is 6. The monoisotopic (exact) mass is 545 g/mol. The number of benzene rings is 2. The number of nitrogens with zero attached hydrogens (tertiary/aromatic N) is 2. The van der Waals surface area contributed by atoms with Crippen molar-refractivity contribution in [2.24, 2.45) is 0 Å². The maximum atomic E-state index is 13.5. The van der Waals surface area contributed by atoms with Gasteiger partial charge >= 0.3 is 0 Å². The highest BCUT2D eigenvalue weighted by atomic mass is 32.2. The van der Waals surface area contributed by atoms with Crippen molar-refractivity contribution < 1.29 is 27.5 Å². The molecular formula is C28H39N3O6S. The predicted molar refractivity (Wildman–Crippen MR) is 148 cm³/mol. The van der Waals surface area contributed by atoms with Crippen LogP contribution in [0.3, 0.4) is 0 Å². The van der Waals surface area contributed by atoms with Gasteiger partial charge in [-0.2, -0.15) is 0 Å². The molecule has 0 saturated heterocycles. The molecule has 9 nitrogen and oxygen atoms in total. The summed E-state index contributed by atoms with van der Waals surface area (Å²) in [6.45, 7) is 8.84. The number of carbonyl (C=O) groups excluding carboxylic acids is 2. The minimum Gasteiger partial charge on any atom is -0.486 e. The van der Waals surface area contributed by atoms with Crippen LogP contribution in [0.5, 0.6) is 11.5 Å². The molecule has 0 aromatic heterocycles. The van der Waals surface area contributed by atoms with Crippen LogP contribution in [0.15, 0.2) is 42.5 Å². The van der Waals surface area contributed by atoms with E-state index in [1.165, 1.54) is 4.31 Å². The Balaban J connectivity index is 1.75. The molecule has 1 aliphatic heterocycles. The molecule has 2 amide bonds. The van der Waals surface area contributed by atoms with Crippen molar-refractivity contribution in [3.05, 3.63) is 53.6 Å². The van der Waals surface area contributed by atoms with Crippen LogP contribution in [0, 0.1) is 6.92 Å². The molecule has 0 aliphatic carbocycles. The van der Waals surface area contributed by atoms with E-state index in [1.807, 2.05) is 45.0 Å². The largest absolute Gasteiger partial charge is 0.486 e. The van der Waals surface area contributed by atoms with Crippen LogP contribution < -0.4 is 19.1 Å². The van der Waals surface area contributed by atoms with E-state index in [1.54, 1.807) is 30.0 Å². The molecule has 0 saturated carbocycles. The Morgan fingerprint density at radius 1 is 1.05 bits per heavy atom. The lowest BCUT2D eigenvalue weighted by Gasteiger charge is -2.30. The molecule has 0 spiro atoms. The van der Waals surface area contributed by atoms with E-state index < -0.39 is 16.1 Å². The van der Waals surface area contributed by atoms with Crippen LogP contribution in [0.25, 0.3) is 0 Å². The lowest BCUT2D eigenvalue weighted by molar-refractivity contribution is -0.140. The highest BCUT2D eigenvalue weighted by Gasteiger charge is 2.28. The molecule has 0 radical (unpaired) electrons. The molecule has 38 heavy (non-hydrogen) atoms. The Labute approximate surface area is 226 Å². The highest BCUT2D eigenvalue weighted by Crippen LogP contribution is 2.34. The number of carbonyl (C=O) groups is 2. The summed E-state index contributed by atoms with van der Waals surface area (Å²) in [5, 5.41) is 2.96. The summed E-state index contributed by atoms with van der Waals surface area (Å²) < 4.78 is 37.7.